The fourth-order valence-electron chi connectivity index (χ4n) is 2.49. The van der Waals surface area contributed by atoms with E-state index in [-0.39, 0.29) is 5.92 Å². The van der Waals surface area contributed by atoms with Gasteiger partial charge in [0.15, 0.2) is 0 Å². The number of hydrogen-bond acceptors (Lipinski definition) is 6. The predicted molar refractivity (Wildman–Crippen MR) is 95.9 cm³/mol. The van der Waals surface area contributed by atoms with Crippen molar-refractivity contribution in [3.8, 4) is 5.69 Å². The van der Waals surface area contributed by atoms with Crippen LogP contribution < -0.4 is 10.6 Å². The quantitative estimate of drug-likeness (QED) is 0.619. The van der Waals surface area contributed by atoms with Crippen molar-refractivity contribution in [2.45, 2.75) is 45.7 Å². The molecule has 2 rings (SSSR count). The number of amides is 1. The minimum Gasteiger partial charge on any atom is -0.480 e. The minimum atomic E-state index is -1.05. The summed E-state index contributed by atoms with van der Waals surface area (Å²) in [5.41, 5.74) is 0.749. The predicted octanol–water partition coefficient (Wildman–Crippen LogP) is 1.47. The highest BCUT2D eigenvalue weighted by Gasteiger charge is 2.26. The maximum absolute atomic E-state index is 12.5. The molecule has 2 aromatic rings. The summed E-state index contributed by atoms with van der Waals surface area (Å²) in [5.74, 6) is -0.983. The van der Waals surface area contributed by atoms with Crippen LogP contribution in [-0.4, -0.2) is 49.3 Å². The van der Waals surface area contributed by atoms with E-state index in [1.54, 1.807) is 0 Å². The number of nitrogens with one attached hydrogen (secondary N) is 2. The van der Waals surface area contributed by atoms with Crippen LogP contribution in [0.2, 0.25) is 0 Å². The first-order chi connectivity index (χ1) is 12.4. The molecule has 3 N–H and O–H groups in total. The van der Waals surface area contributed by atoms with E-state index in [1.165, 1.54) is 4.68 Å². The number of carboxylic acid groups (broad SMARTS) is 1. The number of carbonyl (C=O) groups excluding carboxylic acids is 1. The van der Waals surface area contributed by atoms with Crippen LogP contribution in [0.15, 0.2) is 30.3 Å². The van der Waals surface area contributed by atoms with Crippen molar-refractivity contribution in [2.24, 2.45) is 5.92 Å². The summed E-state index contributed by atoms with van der Waals surface area (Å²) in [7, 11) is 0. The summed E-state index contributed by atoms with van der Waals surface area (Å²) in [6.07, 6.45) is 0.806. The van der Waals surface area contributed by atoms with E-state index in [0.717, 1.165) is 5.69 Å². The van der Waals surface area contributed by atoms with Gasteiger partial charge in [0.25, 0.3) is 0 Å². The van der Waals surface area contributed by atoms with E-state index in [1.807, 2.05) is 51.1 Å². The Balaban J connectivity index is 2.11. The number of tetrazole rings is 1. The summed E-state index contributed by atoms with van der Waals surface area (Å²) >= 11 is 0. The molecule has 0 saturated heterocycles. The molecule has 9 nitrogen and oxygen atoms in total. The number of carbonyl (C=O) groups is 2. The highest BCUT2D eigenvalue weighted by atomic mass is 16.4. The summed E-state index contributed by atoms with van der Waals surface area (Å²) in [4.78, 5) is 23.9. The number of carboxylic acids is 1. The Morgan fingerprint density at radius 2 is 1.88 bits per heavy atom. The van der Waals surface area contributed by atoms with Crippen molar-refractivity contribution in [2.75, 3.05) is 5.32 Å². The Bertz CT molecular complexity index is 731. The van der Waals surface area contributed by atoms with E-state index in [4.69, 9.17) is 0 Å². The van der Waals surface area contributed by atoms with Gasteiger partial charge in [0, 0.05) is 0 Å². The first-order valence-corrected chi connectivity index (χ1v) is 8.55. The first-order valence-electron chi connectivity index (χ1n) is 8.55. The molecule has 1 amide bonds. The highest BCUT2D eigenvalue weighted by Crippen LogP contribution is 2.13. The van der Waals surface area contributed by atoms with Crippen LogP contribution in [-0.2, 0) is 9.59 Å². The molecule has 9 heteroatoms. The number of anilines is 1. The van der Waals surface area contributed by atoms with Gasteiger partial charge in [-0.1, -0.05) is 44.1 Å². The normalized spacial score (nSPS) is 13.2. The van der Waals surface area contributed by atoms with Crippen molar-refractivity contribution in [3.63, 3.8) is 0 Å². The van der Waals surface area contributed by atoms with Crippen LogP contribution >= 0.6 is 0 Å². The van der Waals surface area contributed by atoms with Crippen molar-refractivity contribution in [1.29, 1.82) is 0 Å². The lowest BCUT2D eigenvalue weighted by Gasteiger charge is -2.21. The Labute approximate surface area is 151 Å². The van der Waals surface area contributed by atoms with Crippen LogP contribution in [0.3, 0.4) is 0 Å². The standard InChI is InChI=1S/C17H24N6O3/c1-4-13(15(24)18-14(16(25)26)10-11(2)3)19-17-20-21-22-23(17)12-8-6-5-7-9-12/h5-9,11,13-14H,4,10H2,1-3H3,(H,18,24)(H,25,26)(H,19,20,22)/t13?,14-/m1/s1. The van der Waals surface area contributed by atoms with Crippen LogP contribution in [0.25, 0.3) is 5.69 Å². The third-order valence-corrected chi connectivity index (χ3v) is 3.82. The lowest BCUT2D eigenvalue weighted by atomic mass is 10.0. The zero-order valence-electron chi connectivity index (χ0n) is 15.1. The molecule has 0 bridgehead atoms. The van der Waals surface area contributed by atoms with Gasteiger partial charge >= 0.3 is 5.97 Å². The number of hydrogen-bond donors (Lipinski definition) is 3. The summed E-state index contributed by atoms with van der Waals surface area (Å²) in [6, 6.07) is 7.69. The fraction of sp³-hybridized carbons (Fsp3) is 0.471. The molecule has 0 spiro atoms. The Morgan fingerprint density at radius 3 is 2.46 bits per heavy atom. The molecule has 0 aliphatic rings. The molecule has 0 fully saturated rings. The molecule has 1 aromatic heterocycles. The van der Waals surface area contributed by atoms with Crippen LogP contribution in [0.5, 0.6) is 0 Å². The van der Waals surface area contributed by atoms with Gasteiger partial charge in [-0.05, 0) is 41.3 Å². The van der Waals surface area contributed by atoms with Gasteiger partial charge in [-0.25, -0.2) is 4.79 Å². The molecule has 1 unspecified atom stereocenters. The summed E-state index contributed by atoms with van der Waals surface area (Å²) in [5, 5.41) is 26.4. The minimum absolute atomic E-state index is 0.148. The highest BCUT2D eigenvalue weighted by molar-refractivity contribution is 5.88. The second kappa shape index (κ2) is 8.93. The van der Waals surface area contributed by atoms with Gasteiger partial charge in [-0.15, -0.1) is 0 Å². The van der Waals surface area contributed by atoms with E-state index >= 15 is 0 Å². The molecule has 26 heavy (non-hydrogen) atoms. The topological polar surface area (TPSA) is 122 Å². The first kappa shape index (κ1) is 19.4. The fourth-order valence-corrected chi connectivity index (χ4v) is 2.49. The second-order valence-corrected chi connectivity index (χ2v) is 6.38. The summed E-state index contributed by atoms with van der Waals surface area (Å²) in [6.45, 7) is 5.64. The van der Waals surface area contributed by atoms with Crippen molar-refractivity contribution in [3.05, 3.63) is 30.3 Å². The SMILES string of the molecule is CCC(Nc1nnnn1-c1ccccc1)C(=O)N[C@H](CC(C)C)C(=O)O. The van der Waals surface area contributed by atoms with Crippen LogP contribution in [0, 0.1) is 5.92 Å². The van der Waals surface area contributed by atoms with E-state index < -0.39 is 24.0 Å². The zero-order valence-corrected chi connectivity index (χ0v) is 15.1. The number of aliphatic carboxylic acids is 1. The Hall–Kier alpha value is -2.97. The zero-order chi connectivity index (χ0) is 19.1. The molecule has 0 saturated carbocycles. The van der Waals surface area contributed by atoms with Gasteiger partial charge in [0.1, 0.15) is 12.1 Å². The molecule has 1 aromatic carbocycles. The van der Waals surface area contributed by atoms with Crippen LogP contribution in [0.4, 0.5) is 5.95 Å². The largest absolute Gasteiger partial charge is 0.480 e. The number of benzene rings is 1. The van der Waals surface area contributed by atoms with Crippen molar-refractivity contribution >= 4 is 17.8 Å². The molecule has 0 radical (unpaired) electrons. The average Bonchev–Trinajstić information content (AvgIpc) is 3.07. The maximum atomic E-state index is 12.5. The Kier molecular flexibility index (Phi) is 6.65. The lowest BCUT2D eigenvalue weighted by Crippen LogP contribution is -2.48. The van der Waals surface area contributed by atoms with E-state index in [9.17, 15) is 14.7 Å². The number of para-hydroxylation sites is 1. The molecule has 140 valence electrons. The smallest absolute Gasteiger partial charge is 0.326 e. The van der Waals surface area contributed by atoms with Crippen molar-refractivity contribution < 1.29 is 14.7 Å². The maximum Gasteiger partial charge on any atom is 0.326 e. The summed E-state index contributed by atoms with van der Waals surface area (Å²) < 4.78 is 1.48. The van der Waals surface area contributed by atoms with Gasteiger partial charge < -0.3 is 15.7 Å². The number of rotatable bonds is 9. The molecule has 0 aliphatic carbocycles. The molecular weight excluding hydrogens is 336 g/mol. The van der Waals surface area contributed by atoms with Crippen molar-refractivity contribution in [1.82, 2.24) is 25.5 Å². The third-order valence-electron chi connectivity index (χ3n) is 3.82. The van der Waals surface area contributed by atoms with Gasteiger partial charge in [0.05, 0.1) is 5.69 Å². The molecular formula is C17H24N6O3. The Morgan fingerprint density at radius 1 is 1.19 bits per heavy atom. The van der Waals surface area contributed by atoms with E-state index in [2.05, 4.69) is 26.2 Å². The van der Waals surface area contributed by atoms with Crippen LogP contribution in [0.1, 0.15) is 33.6 Å². The van der Waals surface area contributed by atoms with E-state index in [0.29, 0.717) is 18.8 Å². The second-order valence-electron chi connectivity index (χ2n) is 6.38. The molecule has 1 heterocycles. The monoisotopic (exact) mass is 360 g/mol. The van der Waals surface area contributed by atoms with Gasteiger partial charge in [0.2, 0.25) is 11.9 Å². The number of nitrogens with zero attached hydrogens (tertiary/aromatic N) is 4. The molecule has 2 atom stereocenters. The lowest BCUT2D eigenvalue weighted by molar-refractivity contribution is -0.142. The van der Waals surface area contributed by atoms with Gasteiger partial charge in [-0.2, -0.15) is 4.68 Å². The van der Waals surface area contributed by atoms with Gasteiger partial charge in [-0.3, -0.25) is 4.79 Å². The third kappa shape index (κ3) is 5.01. The number of aromatic nitrogens is 4. The molecule has 0 aliphatic heterocycles. The average molecular weight is 360 g/mol.